The van der Waals surface area contributed by atoms with Crippen LogP contribution in [0.2, 0.25) is 0 Å². The molecule has 2 N–H and O–H groups in total. The van der Waals surface area contributed by atoms with Gasteiger partial charge in [0.2, 0.25) is 0 Å². The molecule has 2 aliphatic rings. The largest absolute Gasteiger partial charge is 0.479 e. The minimum atomic E-state index is -1.02. The summed E-state index contributed by atoms with van der Waals surface area (Å²) in [6, 6.07) is 7.33. The highest BCUT2D eigenvalue weighted by Crippen LogP contribution is 2.29. The van der Waals surface area contributed by atoms with Gasteiger partial charge in [0.25, 0.3) is 5.91 Å². The van der Waals surface area contributed by atoms with E-state index in [2.05, 4.69) is 10.3 Å². The van der Waals surface area contributed by atoms with Crippen molar-refractivity contribution in [3.05, 3.63) is 34.7 Å². The number of aliphatic imine (C=N–C) groups is 1. The lowest BCUT2D eigenvalue weighted by molar-refractivity contribution is -0.144. The molecule has 1 aliphatic heterocycles. The number of hydrogen-bond donors (Lipinski definition) is 2. The second kappa shape index (κ2) is 8.40. The molecule has 6 nitrogen and oxygen atoms in total. The van der Waals surface area contributed by atoms with E-state index in [1.165, 1.54) is 37.9 Å². The summed E-state index contributed by atoms with van der Waals surface area (Å²) < 4.78 is 5.37. The number of carboxylic acids is 1. The van der Waals surface area contributed by atoms with Crippen molar-refractivity contribution in [3.63, 3.8) is 0 Å². The Bertz CT molecular complexity index is 754. The van der Waals surface area contributed by atoms with E-state index in [1.807, 2.05) is 6.07 Å². The first-order valence-corrected chi connectivity index (χ1v) is 9.61. The lowest BCUT2D eigenvalue weighted by Crippen LogP contribution is -2.22. The number of ether oxygens (including phenoxy) is 1. The summed E-state index contributed by atoms with van der Waals surface area (Å²) in [7, 11) is 0. The number of nitrogens with zero attached hydrogens (tertiary/aromatic N) is 1. The summed E-state index contributed by atoms with van der Waals surface area (Å²) in [5.74, 6) is -0.730. The second-order valence-corrected chi connectivity index (χ2v) is 7.49. The first kappa shape index (κ1) is 18.5. The maximum atomic E-state index is 12.2. The number of carboxylic acid groups (broad SMARTS) is 1. The van der Waals surface area contributed by atoms with Crippen LogP contribution >= 0.6 is 11.8 Å². The summed E-state index contributed by atoms with van der Waals surface area (Å²) in [6.45, 7) is 1.47. The quantitative estimate of drug-likeness (QED) is 0.771. The number of carbonyl (C=O) groups excluding carboxylic acids is 1. The Balaban J connectivity index is 1.70. The average Bonchev–Trinajstić information content (AvgIpc) is 2.95. The molecule has 3 rings (SSSR count). The summed E-state index contributed by atoms with van der Waals surface area (Å²) in [4.78, 5) is 28.3. The predicted molar refractivity (Wildman–Crippen MR) is 102 cm³/mol. The average molecular weight is 374 g/mol. The highest BCUT2D eigenvalue weighted by Gasteiger charge is 2.25. The Morgan fingerprint density at radius 2 is 2.15 bits per heavy atom. The van der Waals surface area contributed by atoms with Gasteiger partial charge in [0, 0.05) is 0 Å². The number of thioether (sulfide) groups is 1. The topological polar surface area (TPSA) is 88.0 Å². The van der Waals surface area contributed by atoms with Gasteiger partial charge in [-0.3, -0.25) is 9.79 Å². The smallest absolute Gasteiger partial charge is 0.344 e. The van der Waals surface area contributed by atoms with E-state index in [0.717, 1.165) is 18.4 Å². The second-order valence-electron chi connectivity index (χ2n) is 6.46. The molecule has 0 radical (unpaired) electrons. The van der Waals surface area contributed by atoms with Crippen molar-refractivity contribution < 1.29 is 19.4 Å². The Morgan fingerprint density at radius 1 is 1.38 bits per heavy atom. The number of benzene rings is 1. The first-order valence-electron chi connectivity index (χ1n) is 8.79. The van der Waals surface area contributed by atoms with E-state index in [9.17, 15) is 9.59 Å². The van der Waals surface area contributed by atoms with Crippen LogP contribution < -0.4 is 10.1 Å². The van der Waals surface area contributed by atoms with Gasteiger partial charge in [-0.25, -0.2) is 4.79 Å². The lowest BCUT2D eigenvalue weighted by Gasteiger charge is -2.17. The van der Waals surface area contributed by atoms with Crippen LogP contribution in [-0.2, 0) is 9.59 Å². The van der Waals surface area contributed by atoms with Crippen LogP contribution in [0.25, 0.3) is 6.08 Å². The van der Waals surface area contributed by atoms with Crippen molar-refractivity contribution in [2.24, 2.45) is 4.99 Å². The Hall–Kier alpha value is -2.28. The molecule has 1 aromatic rings. The molecule has 0 spiro atoms. The maximum Gasteiger partial charge on any atom is 0.344 e. The third-order valence-electron chi connectivity index (χ3n) is 4.34. The molecule has 1 aliphatic carbocycles. The molecule has 26 heavy (non-hydrogen) atoms. The van der Waals surface area contributed by atoms with E-state index in [0.29, 0.717) is 21.9 Å². The van der Waals surface area contributed by atoms with Gasteiger partial charge < -0.3 is 15.2 Å². The lowest BCUT2D eigenvalue weighted by atomic mass is 9.96. The van der Waals surface area contributed by atoms with Gasteiger partial charge in [-0.15, -0.1) is 0 Å². The fraction of sp³-hybridized carbons (Fsp3) is 0.421. The molecule has 1 aromatic carbocycles. The zero-order valence-corrected chi connectivity index (χ0v) is 15.4. The fourth-order valence-electron chi connectivity index (χ4n) is 2.95. The SMILES string of the molecule is CC(Oc1cccc(/C=C2\SC(=NC3CCCCC3)NC2=O)c1)C(=O)O. The maximum absolute atomic E-state index is 12.2. The van der Waals surface area contributed by atoms with Gasteiger partial charge in [0.1, 0.15) is 5.75 Å². The van der Waals surface area contributed by atoms with Crippen molar-refractivity contribution in [2.45, 2.75) is 51.2 Å². The molecule has 2 fully saturated rings. The number of amides is 1. The van der Waals surface area contributed by atoms with E-state index in [4.69, 9.17) is 9.84 Å². The summed E-state index contributed by atoms with van der Waals surface area (Å²) in [5, 5.41) is 12.4. The number of carbonyl (C=O) groups is 2. The van der Waals surface area contributed by atoms with Gasteiger partial charge >= 0.3 is 5.97 Å². The van der Waals surface area contributed by atoms with Gasteiger partial charge in [-0.05, 0) is 55.3 Å². The van der Waals surface area contributed by atoms with E-state index in [1.54, 1.807) is 24.3 Å². The van der Waals surface area contributed by atoms with Gasteiger partial charge in [0.05, 0.1) is 10.9 Å². The molecule has 0 bridgehead atoms. The molecule has 7 heteroatoms. The molecule has 1 saturated carbocycles. The number of amidine groups is 1. The number of aliphatic carboxylic acids is 1. The van der Waals surface area contributed by atoms with Crippen molar-refractivity contribution in [2.75, 3.05) is 0 Å². The van der Waals surface area contributed by atoms with Crippen molar-refractivity contribution >= 4 is 34.9 Å². The molecule has 138 valence electrons. The van der Waals surface area contributed by atoms with Gasteiger partial charge in [0.15, 0.2) is 11.3 Å². The number of hydrogen-bond acceptors (Lipinski definition) is 5. The van der Waals surface area contributed by atoms with Crippen LogP contribution in [-0.4, -0.2) is 34.3 Å². The summed E-state index contributed by atoms with van der Waals surface area (Å²) in [5.41, 5.74) is 0.775. The zero-order valence-electron chi connectivity index (χ0n) is 14.6. The van der Waals surface area contributed by atoms with E-state index in [-0.39, 0.29) is 5.91 Å². The van der Waals surface area contributed by atoms with Crippen LogP contribution in [0.4, 0.5) is 0 Å². The Kier molecular flexibility index (Phi) is 5.98. The predicted octanol–water partition coefficient (Wildman–Crippen LogP) is 3.43. The van der Waals surface area contributed by atoms with Gasteiger partial charge in [-0.2, -0.15) is 0 Å². The zero-order chi connectivity index (χ0) is 18.5. The highest BCUT2D eigenvalue weighted by atomic mass is 32.2. The molecular formula is C19H22N2O4S. The molecule has 1 amide bonds. The minimum Gasteiger partial charge on any atom is -0.479 e. The first-order chi connectivity index (χ1) is 12.5. The molecule has 1 atom stereocenters. The van der Waals surface area contributed by atoms with Crippen molar-refractivity contribution in [3.8, 4) is 5.75 Å². The van der Waals surface area contributed by atoms with Crippen LogP contribution in [0.1, 0.15) is 44.6 Å². The van der Waals surface area contributed by atoms with Crippen molar-refractivity contribution in [1.29, 1.82) is 0 Å². The fourth-order valence-corrected chi connectivity index (χ4v) is 3.84. The van der Waals surface area contributed by atoms with Crippen LogP contribution in [0, 0.1) is 0 Å². The normalized spacial score (nSPS) is 22.4. The van der Waals surface area contributed by atoms with E-state index < -0.39 is 12.1 Å². The number of rotatable bonds is 5. The summed E-state index contributed by atoms with van der Waals surface area (Å²) >= 11 is 1.35. The van der Waals surface area contributed by atoms with Crippen molar-refractivity contribution in [1.82, 2.24) is 5.32 Å². The van der Waals surface area contributed by atoms with Gasteiger partial charge in [-0.1, -0.05) is 31.4 Å². The molecule has 1 heterocycles. The third kappa shape index (κ3) is 4.88. The minimum absolute atomic E-state index is 0.158. The highest BCUT2D eigenvalue weighted by molar-refractivity contribution is 8.18. The molecule has 1 unspecified atom stereocenters. The summed E-state index contributed by atoms with van der Waals surface area (Å²) in [6.07, 6.45) is 6.66. The standard InChI is InChI=1S/C19H22N2O4S/c1-12(18(23)24)25-15-9-5-6-13(10-15)11-16-17(22)21-19(26-16)20-14-7-3-2-4-8-14/h5-6,9-12,14H,2-4,7-8H2,1H3,(H,23,24)(H,20,21,22)/b16-11-. The molecule has 1 saturated heterocycles. The number of nitrogens with one attached hydrogen (secondary N) is 1. The van der Waals surface area contributed by atoms with E-state index >= 15 is 0 Å². The Labute approximate surface area is 156 Å². The monoisotopic (exact) mass is 374 g/mol. The van der Waals surface area contributed by atoms with Crippen LogP contribution in [0.3, 0.4) is 0 Å². The van der Waals surface area contributed by atoms with Crippen LogP contribution in [0.5, 0.6) is 5.75 Å². The third-order valence-corrected chi connectivity index (χ3v) is 5.27. The molecular weight excluding hydrogens is 352 g/mol. The Morgan fingerprint density at radius 3 is 2.88 bits per heavy atom. The van der Waals surface area contributed by atoms with Crippen LogP contribution in [0.15, 0.2) is 34.2 Å². The molecule has 0 aromatic heterocycles.